The summed E-state index contributed by atoms with van der Waals surface area (Å²) < 4.78 is 0. The van der Waals surface area contributed by atoms with Crippen molar-refractivity contribution in [3.8, 4) is 0 Å². The van der Waals surface area contributed by atoms with E-state index in [0.29, 0.717) is 18.9 Å². The summed E-state index contributed by atoms with van der Waals surface area (Å²) in [6.07, 6.45) is 10.3. The zero-order valence-corrected chi connectivity index (χ0v) is 12.5. The van der Waals surface area contributed by atoms with Crippen molar-refractivity contribution < 1.29 is 4.79 Å². The van der Waals surface area contributed by atoms with Crippen LogP contribution in [0.5, 0.6) is 0 Å². The molecule has 1 saturated heterocycles. The maximum atomic E-state index is 12.5. The molecule has 21 heavy (non-hydrogen) atoms. The standard InChI is InChI=1S/C15H25N5O/c16-14(6-10-20-17-7-8-18-20)15(21)19-9-5-12-3-1-2-4-13(12)11-19/h7-8,12-14H,1-6,9-11,16H2. The smallest absolute Gasteiger partial charge is 0.239 e. The normalized spacial score (nSPS) is 27.2. The van der Waals surface area contributed by atoms with Gasteiger partial charge in [-0.25, -0.2) is 0 Å². The molecule has 1 aromatic rings. The minimum atomic E-state index is -0.434. The van der Waals surface area contributed by atoms with Crippen LogP contribution in [-0.4, -0.2) is 44.9 Å². The largest absolute Gasteiger partial charge is 0.341 e. The molecule has 6 heteroatoms. The monoisotopic (exact) mass is 291 g/mol. The van der Waals surface area contributed by atoms with Crippen LogP contribution in [0.25, 0.3) is 0 Å². The lowest BCUT2D eigenvalue weighted by atomic mass is 9.75. The number of aromatic nitrogens is 3. The molecule has 1 amide bonds. The minimum absolute atomic E-state index is 0.103. The van der Waals surface area contributed by atoms with E-state index >= 15 is 0 Å². The molecule has 3 unspecified atom stereocenters. The number of aryl methyl sites for hydroxylation is 1. The number of nitrogens with zero attached hydrogens (tertiary/aromatic N) is 4. The zero-order chi connectivity index (χ0) is 14.7. The molecular weight excluding hydrogens is 266 g/mol. The molecule has 1 saturated carbocycles. The van der Waals surface area contributed by atoms with Gasteiger partial charge in [-0.3, -0.25) is 4.79 Å². The summed E-state index contributed by atoms with van der Waals surface area (Å²) in [5.74, 6) is 1.65. The molecule has 0 aromatic carbocycles. The Morgan fingerprint density at radius 1 is 1.19 bits per heavy atom. The predicted molar refractivity (Wildman–Crippen MR) is 79.3 cm³/mol. The number of carbonyl (C=O) groups excluding carboxylic acids is 1. The molecule has 116 valence electrons. The molecule has 3 atom stereocenters. The fourth-order valence-electron chi connectivity index (χ4n) is 3.77. The Hall–Kier alpha value is -1.43. The van der Waals surface area contributed by atoms with Crippen LogP contribution in [0.1, 0.15) is 38.5 Å². The molecule has 2 heterocycles. The van der Waals surface area contributed by atoms with E-state index < -0.39 is 6.04 Å². The highest BCUT2D eigenvalue weighted by Gasteiger charge is 2.34. The molecule has 1 aromatic heterocycles. The molecule has 0 radical (unpaired) electrons. The Bertz CT molecular complexity index is 461. The quantitative estimate of drug-likeness (QED) is 0.899. The van der Waals surface area contributed by atoms with Gasteiger partial charge in [-0.1, -0.05) is 19.3 Å². The van der Waals surface area contributed by atoms with Gasteiger partial charge in [-0.05, 0) is 31.1 Å². The number of amides is 1. The average Bonchev–Trinajstić information content (AvgIpc) is 3.05. The van der Waals surface area contributed by atoms with Crippen molar-refractivity contribution >= 4 is 5.91 Å². The van der Waals surface area contributed by atoms with Crippen molar-refractivity contribution in [3.63, 3.8) is 0 Å². The van der Waals surface area contributed by atoms with E-state index in [4.69, 9.17) is 5.73 Å². The van der Waals surface area contributed by atoms with Crippen molar-refractivity contribution in [2.75, 3.05) is 13.1 Å². The first kappa shape index (κ1) is 14.5. The van der Waals surface area contributed by atoms with E-state index in [2.05, 4.69) is 10.2 Å². The lowest BCUT2D eigenvalue weighted by molar-refractivity contribution is -0.135. The van der Waals surface area contributed by atoms with Crippen LogP contribution in [0.15, 0.2) is 12.4 Å². The first-order valence-electron chi connectivity index (χ1n) is 8.12. The number of hydrogen-bond acceptors (Lipinski definition) is 4. The summed E-state index contributed by atoms with van der Waals surface area (Å²) in [6, 6.07) is -0.434. The third kappa shape index (κ3) is 3.43. The van der Waals surface area contributed by atoms with E-state index in [1.807, 2.05) is 4.90 Å². The van der Waals surface area contributed by atoms with Crippen LogP contribution in [0.4, 0.5) is 0 Å². The minimum Gasteiger partial charge on any atom is -0.341 e. The summed E-state index contributed by atoms with van der Waals surface area (Å²) in [5.41, 5.74) is 6.07. The summed E-state index contributed by atoms with van der Waals surface area (Å²) in [4.78, 5) is 16.1. The van der Waals surface area contributed by atoms with Crippen LogP contribution in [0.3, 0.4) is 0 Å². The van der Waals surface area contributed by atoms with Gasteiger partial charge in [-0.2, -0.15) is 15.0 Å². The second-order valence-electron chi connectivity index (χ2n) is 6.40. The van der Waals surface area contributed by atoms with E-state index in [1.165, 1.54) is 25.7 Å². The molecule has 0 spiro atoms. The third-order valence-electron chi connectivity index (χ3n) is 5.03. The van der Waals surface area contributed by atoms with E-state index in [0.717, 1.165) is 25.4 Å². The predicted octanol–water partition coefficient (Wildman–Crippen LogP) is 1.03. The Balaban J connectivity index is 1.50. The highest BCUT2D eigenvalue weighted by Crippen LogP contribution is 2.36. The van der Waals surface area contributed by atoms with Crippen molar-refractivity contribution in [2.45, 2.75) is 51.1 Å². The third-order valence-corrected chi connectivity index (χ3v) is 5.03. The number of carbonyl (C=O) groups is 1. The van der Waals surface area contributed by atoms with Crippen molar-refractivity contribution in [3.05, 3.63) is 12.4 Å². The van der Waals surface area contributed by atoms with Crippen LogP contribution in [0, 0.1) is 11.8 Å². The molecule has 6 nitrogen and oxygen atoms in total. The molecule has 1 aliphatic carbocycles. The van der Waals surface area contributed by atoms with Crippen LogP contribution in [-0.2, 0) is 11.3 Å². The number of piperidine rings is 1. The second kappa shape index (κ2) is 6.56. The maximum Gasteiger partial charge on any atom is 0.239 e. The molecule has 2 fully saturated rings. The number of fused-ring (bicyclic) bond motifs is 1. The number of nitrogens with two attached hydrogens (primary N) is 1. The van der Waals surface area contributed by atoms with E-state index in [-0.39, 0.29) is 5.91 Å². The molecule has 2 aliphatic rings. The van der Waals surface area contributed by atoms with Gasteiger partial charge in [0, 0.05) is 13.1 Å². The average molecular weight is 291 g/mol. The van der Waals surface area contributed by atoms with Crippen LogP contribution in [0.2, 0.25) is 0 Å². The van der Waals surface area contributed by atoms with Gasteiger partial charge >= 0.3 is 0 Å². The highest BCUT2D eigenvalue weighted by atomic mass is 16.2. The first-order chi connectivity index (χ1) is 10.2. The summed E-state index contributed by atoms with van der Waals surface area (Å²) >= 11 is 0. The Kier molecular flexibility index (Phi) is 4.53. The highest BCUT2D eigenvalue weighted by molar-refractivity contribution is 5.81. The van der Waals surface area contributed by atoms with Gasteiger partial charge in [0.1, 0.15) is 0 Å². The molecule has 2 N–H and O–H groups in total. The fourth-order valence-corrected chi connectivity index (χ4v) is 3.77. The molecule has 0 bridgehead atoms. The number of rotatable bonds is 4. The first-order valence-corrected chi connectivity index (χ1v) is 8.12. The topological polar surface area (TPSA) is 77.0 Å². The molecule has 1 aliphatic heterocycles. The van der Waals surface area contributed by atoms with Crippen LogP contribution >= 0.6 is 0 Å². The molecule has 3 rings (SSSR count). The number of likely N-dealkylation sites (tertiary alicyclic amines) is 1. The van der Waals surface area contributed by atoms with E-state index in [9.17, 15) is 4.79 Å². The lowest BCUT2D eigenvalue weighted by Crippen LogP contribution is -2.50. The van der Waals surface area contributed by atoms with Crippen molar-refractivity contribution in [1.29, 1.82) is 0 Å². The van der Waals surface area contributed by atoms with Gasteiger partial charge < -0.3 is 10.6 Å². The van der Waals surface area contributed by atoms with E-state index in [1.54, 1.807) is 17.2 Å². The maximum absolute atomic E-state index is 12.5. The van der Waals surface area contributed by atoms with Gasteiger partial charge in [0.25, 0.3) is 0 Å². The van der Waals surface area contributed by atoms with Gasteiger partial charge in [0.2, 0.25) is 5.91 Å². The Morgan fingerprint density at radius 3 is 2.67 bits per heavy atom. The fraction of sp³-hybridized carbons (Fsp3) is 0.800. The summed E-state index contributed by atoms with van der Waals surface area (Å²) in [7, 11) is 0. The summed E-state index contributed by atoms with van der Waals surface area (Å²) in [6.45, 7) is 2.39. The Labute approximate surface area is 125 Å². The number of hydrogen-bond donors (Lipinski definition) is 1. The zero-order valence-electron chi connectivity index (χ0n) is 12.5. The van der Waals surface area contributed by atoms with Crippen molar-refractivity contribution in [1.82, 2.24) is 19.9 Å². The second-order valence-corrected chi connectivity index (χ2v) is 6.40. The van der Waals surface area contributed by atoms with Gasteiger partial charge in [-0.15, -0.1) is 0 Å². The van der Waals surface area contributed by atoms with Gasteiger partial charge in [0.05, 0.1) is 25.0 Å². The van der Waals surface area contributed by atoms with Crippen molar-refractivity contribution in [2.24, 2.45) is 17.6 Å². The molecular formula is C15H25N5O. The summed E-state index contributed by atoms with van der Waals surface area (Å²) in [5, 5.41) is 8.08. The SMILES string of the molecule is NC(CCn1nccn1)C(=O)N1CCC2CCCCC2C1. The van der Waals surface area contributed by atoms with Crippen LogP contribution < -0.4 is 5.73 Å². The van der Waals surface area contributed by atoms with Gasteiger partial charge in [0.15, 0.2) is 0 Å². The Morgan fingerprint density at radius 2 is 1.90 bits per heavy atom. The lowest BCUT2D eigenvalue weighted by Gasteiger charge is -2.42.